The van der Waals surface area contributed by atoms with Crippen LogP contribution in [0.1, 0.15) is 33.1 Å². The van der Waals surface area contributed by atoms with Gasteiger partial charge in [0.1, 0.15) is 6.61 Å². The van der Waals surface area contributed by atoms with Crippen molar-refractivity contribution in [1.82, 2.24) is 4.90 Å². The Balaban J connectivity index is 2.54. The standard InChI is InChI=1S/C16H25NO3/c1-4-6-7-14(5-2)12-20-16(19)17-11-10-15(18)9-8-13(17)3/h4-7,13,15,18H,2,8-12H2,1,3H3/b6-4-,14-7+. The van der Waals surface area contributed by atoms with Gasteiger partial charge < -0.3 is 14.7 Å². The molecule has 1 rings (SSSR count). The predicted octanol–water partition coefficient (Wildman–Crippen LogP) is 3.05. The Morgan fingerprint density at radius 3 is 2.85 bits per heavy atom. The van der Waals surface area contributed by atoms with Crippen LogP contribution in [0.2, 0.25) is 0 Å². The second kappa shape index (κ2) is 8.59. The summed E-state index contributed by atoms with van der Waals surface area (Å²) in [5, 5.41) is 9.65. The van der Waals surface area contributed by atoms with E-state index in [1.54, 1.807) is 11.0 Å². The minimum Gasteiger partial charge on any atom is -0.445 e. The topological polar surface area (TPSA) is 49.8 Å². The first-order valence-corrected chi connectivity index (χ1v) is 7.14. The van der Waals surface area contributed by atoms with Gasteiger partial charge in [-0.3, -0.25) is 0 Å². The number of hydrogen-bond donors (Lipinski definition) is 1. The molecule has 1 aliphatic rings. The molecular weight excluding hydrogens is 254 g/mol. The number of rotatable bonds is 4. The molecule has 4 nitrogen and oxygen atoms in total. The van der Waals surface area contributed by atoms with E-state index in [2.05, 4.69) is 6.58 Å². The van der Waals surface area contributed by atoms with Crippen LogP contribution in [-0.2, 0) is 4.74 Å². The molecule has 0 radical (unpaired) electrons. The molecule has 1 amide bonds. The molecular formula is C16H25NO3. The number of ether oxygens (including phenoxy) is 1. The lowest BCUT2D eigenvalue weighted by molar-refractivity contribution is 0.0959. The second-order valence-electron chi connectivity index (χ2n) is 5.09. The number of aliphatic hydroxyl groups excluding tert-OH is 1. The first-order chi connectivity index (χ1) is 9.58. The summed E-state index contributed by atoms with van der Waals surface area (Å²) >= 11 is 0. The van der Waals surface area contributed by atoms with Crippen LogP contribution in [0.3, 0.4) is 0 Å². The van der Waals surface area contributed by atoms with Crippen LogP contribution < -0.4 is 0 Å². The van der Waals surface area contributed by atoms with E-state index in [0.29, 0.717) is 13.0 Å². The Morgan fingerprint density at radius 2 is 2.20 bits per heavy atom. The molecule has 0 saturated carbocycles. The van der Waals surface area contributed by atoms with Gasteiger partial charge >= 0.3 is 6.09 Å². The van der Waals surface area contributed by atoms with Gasteiger partial charge in [0, 0.05) is 12.6 Å². The molecule has 1 heterocycles. The highest BCUT2D eigenvalue weighted by Gasteiger charge is 2.26. The predicted molar refractivity (Wildman–Crippen MR) is 80.5 cm³/mol. The minimum absolute atomic E-state index is 0.103. The number of allylic oxidation sites excluding steroid dienone is 3. The maximum Gasteiger partial charge on any atom is 0.410 e. The molecule has 4 heteroatoms. The Bertz CT molecular complexity index is 387. The fraction of sp³-hybridized carbons (Fsp3) is 0.562. The fourth-order valence-corrected chi connectivity index (χ4v) is 2.14. The van der Waals surface area contributed by atoms with Gasteiger partial charge in [-0.2, -0.15) is 0 Å². The van der Waals surface area contributed by atoms with Crippen LogP contribution >= 0.6 is 0 Å². The Hall–Kier alpha value is -1.55. The first-order valence-electron chi connectivity index (χ1n) is 7.14. The van der Waals surface area contributed by atoms with Crippen LogP contribution in [-0.4, -0.2) is 41.4 Å². The van der Waals surface area contributed by atoms with Gasteiger partial charge in [-0.1, -0.05) is 30.9 Å². The van der Waals surface area contributed by atoms with Crippen LogP contribution in [0.25, 0.3) is 0 Å². The van der Waals surface area contributed by atoms with Crippen molar-refractivity contribution in [3.05, 3.63) is 36.5 Å². The van der Waals surface area contributed by atoms with Gasteiger partial charge in [-0.05, 0) is 38.7 Å². The van der Waals surface area contributed by atoms with E-state index < -0.39 is 0 Å². The zero-order valence-electron chi connectivity index (χ0n) is 12.4. The maximum absolute atomic E-state index is 12.1. The fourth-order valence-electron chi connectivity index (χ4n) is 2.14. The van der Waals surface area contributed by atoms with Crippen molar-refractivity contribution in [3.8, 4) is 0 Å². The highest BCUT2D eigenvalue weighted by molar-refractivity contribution is 5.68. The molecule has 1 aliphatic heterocycles. The zero-order valence-corrected chi connectivity index (χ0v) is 12.4. The van der Waals surface area contributed by atoms with E-state index in [1.165, 1.54) is 0 Å². The molecule has 1 saturated heterocycles. The summed E-state index contributed by atoms with van der Waals surface area (Å²) in [5.74, 6) is 0. The number of hydrogen-bond acceptors (Lipinski definition) is 3. The molecule has 2 atom stereocenters. The van der Waals surface area contributed by atoms with Crippen molar-refractivity contribution in [3.63, 3.8) is 0 Å². The van der Waals surface area contributed by atoms with Crippen LogP contribution in [0, 0.1) is 0 Å². The van der Waals surface area contributed by atoms with Crippen molar-refractivity contribution in [2.24, 2.45) is 0 Å². The lowest BCUT2D eigenvalue weighted by atomic mass is 10.1. The molecule has 2 unspecified atom stereocenters. The van der Waals surface area contributed by atoms with E-state index in [-0.39, 0.29) is 24.8 Å². The molecule has 0 aliphatic carbocycles. The average molecular weight is 279 g/mol. The van der Waals surface area contributed by atoms with Gasteiger partial charge in [0.2, 0.25) is 0 Å². The maximum atomic E-state index is 12.1. The molecule has 0 aromatic heterocycles. The molecule has 1 N–H and O–H groups in total. The third-order valence-corrected chi connectivity index (χ3v) is 3.51. The Labute approximate surface area is 121 Å². The summed E-state index contributed by atoms with van der Waals surface area (Å²) in [5.41, 5.74) is 0.860. The highest BCUT2D eigenvalue weighted by atomic mass is 16.6. The van der Waals surface area contributed by atoms with E-state index in [9.17, 15) is 9.90 Å². The smallest absolute Gasteiger partial charge is 0.410 e. The van der Waals surface area contributed by atoms with Gasteiger partial charge in [0.15, 0.2) is 0 Å². The van der Waals surface area contributed by atoms with Crippen LogP contribution in [0.15, 0.2) is 36.5 Å². The molecule has 0 spiro atoms. The van der Waals surface area contributed by atoms with Crippen LogP contribution in [0.5, 0.6) is 0 Å². The molecule has 112 valence electrons. The molecule has 0 bridgehead atoms. The summed E-state index contributed by atoms with van der Waals surface area (Å²) < 4.78 is 5.32. The average Bonchev–Trinajstić information content (AvgIpc) is 2.61. The van der Waals surface area contributed by atoms with Crippen molar-refractivity contribution < 1.29 is 14.6 Å². The first kappa shape index (κ1) is 16.5. The number of aliphatic hydroxyl groups is 1. The van der Waals surface area contributed by atoms with Gasteiger partial charge in [-0.15, -0.1) is 0 Å². The number of nitrogens with zero attached hydrogens (tertiary/aromatic N) is 1. The number of likely N-dealkylation sites (tertiary alicyclic amines) is 1. The van der Waals surface area contributed by atoms with Crippen molar-refractivity contribution in [1.29, 1.82) is 0 Å². The largest absolute Gasteiger partial charge is 0.445 e. The summed E-state index contributed by atoms with van der Waals surface area (Å²) in [6.07, 6.45) is 8.87. The number of carbonyl (C=O) groups excluding carboxylic acids is 1. The summed E-state index contributed by atoms with van der Waals surface area (Å²) in [6.45, 7) is 8.38. The van der Waals surface area contributed by atoms with Crippen LogP contribution in [0.4, 0.5) is 4.79 Å². The molecule has 0 aromatic rings. The third kappa shape index (κ3) is 5.21. The number of carbonyl (C=O) groups is 1. The van der Waals surface area contributed by atoms with Gasteiger partial charge in [0.05, 0.1) is 6.10 Å². The van der Waals surface area contributed by atoms with Gasteiger partial charge in [0.25, 0.3) is 0 Å². The summed E-state index contributed by atoms with van der Waals surface area (Å²) in [4.78, 5) is 13.8. The van der Waals surface area contributed by atoms with E-state index in [4.69, 9.17) is 4.74 Å². The SMILES string of the molecule is C=C/C(=C\C=C/C)COC(=O)N1CCC(O)CCC1C. The van der Waals surface area contributed by atoms with Crippen molar-refractivity contribution in [2.75, 3.05) is 13.2 Å². The van der Waals surface area contributed by atoms with Crippen molar-refractivity contribution >= 4 is 6.09 Å². The van der Waals surface area contributed by atoms with E-state index in [0.717, 1.165) is 18.4 Å². The molecule has 1 fully saturated rings. The lowest BCUT2D eigenvalue weighted by Crippen LogP contribution is -2.39. The quantitative estimate of drug-likeness (QED) is 0.805. The van der Waals surface area contributed by atoms with E-state index in [1.807, 2.05) is 32.1 Å². The third-order valence-electron chi connectivity index (χ3n) is 3.51. The Morgan fingerprint density at radius 1 is 1.45 bits per heavy atom. The number of amides is 1. The second-order valence-corrected chi connectivity index (χ2v) is 5.09. The summed E-state index contributed by atoms with van der Waals surface area (Å²) in [6, 6.07) is 0.103. The molecule has 20 heavy (non-hydrogen) atoms. The highest BCUT2D eigenvalue weighted by Crippen LogP contribution is 2.18. The van der Waals surface area contributed by atoms with Gasteiger partial charge in [-0.25, -0.2) is 4.79 Å². The Kier molecular flexibility index (Phi) is 7.09. The normalized spacial score (nSPS) is 24.6. The summed E-state index contributed by atoms with van der Waals surface area (Å²) in [7, 11) is 0. The lowest BCUT2D eigenvalue weighted by Gasteiger charge is -2.26. The zero-order chi connectivity index (χ0) is 15.0. The van der Waals surface area contributed by atoms with E-state index >= 15 is 0 Å². The minimum atomic E-state index is -0.320. The monoisotopic (exact) mass is 279 g/mol. The van der Waals surface area contributed by atoms with Crippen molar-refractivity contribution in [2.45, 2.75) is 45.3 Å². The molecule has 0 aromatic carbocycles.